The van der Waals surface area contributed by atoms with E-state index in [0.717, 1.165) is 16.9 Å². The van der Waals surface area contributed by atoms with Crippen molar-refractivity contribution in [3.8, 4) is 0 Å². The average Bonchev–Trinajstić information content (AvgIpc) is 2.86. The summed E-state index contributed by atoms with van der Waals surface area (Å²) in [7, 11) is 1.94. The molecule has 0 radical (unpaired) electrons. The van der Waals surface area contributed by atoms with Crippen LogP contribution in [0.3, 0.4) is 0 Å². The average molecular weight is 376 g/mol. The second-order valence-corrected chi connectivity index (χ2v) is 6.12. The molecule has 0 fully saturated rings. The van der Waals surface area contributed by atoms with Crippen molar-refractivity contribution in [2.24, 2.45) is 7.05 Å². The molecule has 1 N–H and O–H groups in total. The number of aromatic nitrogens is 2. The van der Waals surface area contributed by atoms with Gasteiger partial charge in [-0.25, -0.2) is 9.37 Å². The Morgan fingerprint density at radius 1 is 1.30 bits per heavy atom. The number of amides is 1. The highest BCUT2D eigenvalue weighted by atomic mass is 79.9. The highest BCUT2D eigenvalue weighted by Crippen LogP contribution is 2.16. The van der Waals surface area contributed by atoms with Crippen LogP contribution in [0.15, 0.2) is 46.9 Å². The molecule has 0 unspecified atom stereocenters. The summed E-state index contributed by atoms with van der Waals surface area (Å²) in [4.78, 5) is 16.6. The van der Waals surface area contributed by atoms with E-state index in [1.807, 2.05) is 35.9 Å². The fourth-order valence-electron chi connectivity index (χ4n) is 2.47. The van der Waals surface area contributed by atoms with Gasteiger partial charge in [-0.2, -0.15) is 0 Å². The van der Waals surface area contributed by atoms with Crippen molar-refractivity contribution in [1.82, 2.24) is 14.9 Å². The van der Waals surface area contributed by atoms with Crippen LogP contribution >= 0.6 is 15.9 Å². The molecule has 1 aromatic heterocycles. The minimum Gasteiger partial charge on any atom is -0.351 e. The number of nitrogens with one attached hydrogen (secondary N) is 1. The Balaban J connectivity index is 1.67. The van der Waals surface area contributed by atoms with Crippen LogP contribution in [-0.4, -0.2) is 22.0 Å². The molecule has 2 aromatic carbocycles. The zero-order chi connectivity index (χ0) is 16.4. The summed E-state index contributed by atoms with van der Waals surface area (Å²) in [6.07, 6.45) is 0.576. The number of carbonyl (C=O) groups excluding carboxylic acids is 1. The fraction of sp³-hybridized carbons (Fsp3) is 0.176. The second-order valence-electron chi connectivity index (χ2n) is 5.21. The van der Waals surface area contributed by atoms with E-state index in [-0.39, 0.29) is 5.56 Å². The molecule has 0 aliphatic rings. The van der Waals surface area contributed by atoms with Crippen LogP contribution in [-0.2, 0) is 13.5 Å². The van der Waals surface area contributed by atoms with Crippen LogP contribution in [0.2, 0.25) is 0 Å². The molecule has 3 rings (SSSR count). The van der Waals surface area contributed by atoms with E-state index in [1.54, 1.807) is 6.07 Å². The standard InChI is InChI=1S/C17H15BrFN3O/c1-22-15-5-3-2-4-14(15)21-16(22)8-9-20-17(23)12-10-11(18)6-7-13(12)19/h2-7,10H,8-9H2,1H3,(H,20,23). The van der Waals surface area contributed by atoms with E-state index in [2.05, 4.69) is 26.2 Å². The van der Waals surface area contributed by atoms with Crippen molar-refractivity contribution in [1.29, 1.82) is 0 Å². The highest BCUT2D eigenvalue weighted by molar-refractivity contribution is 9.10. The first-order chi connectivity index (χ1) is 11.1. The minimum absolute atomic E-state index is 0.0318. The summed E-state index contributed by atoms with van der Waals surface area (Å²) in [5.74, 6) is -0.0859. The molecule has 0 aliphatic heterocycles. The van der Waals surface area contributed by atoms with E-state index in [0.29, 0.717) is 17.4 Å². The topological polar surface area (TPSA) is 46.9 Å². The first-order valence-corrected chi connectivity index (χ1v) is 7.99. The Kier molecular flexibility index (Phi) is 4.43. The van der Waals surface area contributed by atoms with E-state index >= 15 is 0 Å². The first kappa shape index (κ1) is 15.7. The molecular formula is C17H15BrFN3O. The summed E-state index contributed by atoms with van der Waals surface area (Å²) < 4.78 is 16.3. The molecule has 1 heterocycles. The van der Waals surface area contributed by atoms with Gasteiger partial charge in [0.15, 0.2) is 0 Å². The van der Waals surface area contributed by atoms with Gasteiger partial charge in [0.1, 0.15) is 11.6 Å². The summed E-state index contributed by atoms with van der Waals surface area (Å²) in [5.41, 5.74) is 2.01. The zero-order valence-corrected chi connectivity index (χ0v) is 14.1. The summed E-state index contributed by atoms with van der Waals surface area (Å²) >= 11 is 3.24. The molecule has 118 valence electrons. The van der Waals surface area contributed by atoms with Gasteiger partial charge >= 0.3 is 0 Å². The predicted molar refractivity (Wildman–Crippen MR) is 90.9 cm³/mol. The van der Waals surface area contributed by atoms with Crippen LogP contribution in [0.1, 0.15) is 16.2 Å². The van der Waals surface area contributed by atoms with Crippen molar-refractivity contribution in [2.75, 3.05) is 6.54 Å². The summed E-state index contributed by atoms with van der Waals surface area (Å²) in [6.45, 7) is 0.391. The Hall–Kier alpha value is -2.21. The van der Waals surface area contributed by atoms with Gasteiger partial charge in [-0.1, -0.05) is 28.1 Å². The fourth-order valence-corrected chi connectivity index (χ4v) is 2.83. The number of aryl methyl sites for hydroxylation is 1. The second kappa shape index (κ2) is 6.50. The van der Waals surface area contributed by atoms with Gasteiger partial charge in [-0.05, 0) is 30.3 Å². The largest absolute Gasteiger partial charge is 0.351 e. The van der Waals surface area contributed by atoms with Gasteiger partial charge in [-0.3, -0.25) is 4.79 Å². The number of carbonyl (C=O) groups is 1. The number of hydrogen-bond donors (Lipinski definition) is 1. The maximum atomic E-state index is 13.7. The van der Waals surface area contributed by atoms with Crippen LogP contribution in [0.25, 0.3) is 11.0 Å². The maximum absolute atomic E-state index is 13.7. The predicted octanol–water partition coefficient (Wildman–Crippen LogP) is 3.45. The van der Waals surface area contributed by atoms with Gasteiger partial charge in [0.05, 0.1) is 16.6 Å². The number of imidazole rings is 1. The Labute approximate surface area is 141 Å². The van der Waals surface area contributed by atoms with E-state index in [9.17, 15) is 9.18 Å². The molecule has 0 bridgehead atoms. The van der Waals surface area contributed by atoms with Gasteiger partial charge in [-0.15, -0.1) is 0 Å². The third-order valence-electron chi connectivity index (χ3n) is 3.69. The minimum atomic E-state index is -0.534. The molecule has 0 aliphatic carbocycles. The summed E-state index contributed by atoms with van der Waals surface area (Å²) in [6, 6.07) is 12.2. The Bertz CT molecular complexity index is 875. The van der Waals surface area contributed by atoms with E-state index < -0.39 is 11.7 Å². The molecule has 0 spiro atoms. The van der Waals surface area contributed by atoms with Crippen molar-refractivity contribution in [3.05, 3.63) is 64.1 Å². The lowest BCUT2D eigenvalue weighted by molar-refractivity contribution is 0.0950. The lowest BCUT2D eigenvalue weighted by Crippen LogP contribution is -2.27. The van der Waals surface area contributed by atoms with Crippen molar-refractivity contribution in [2.45, 2.75) is 6.42 Å². The number of rotatable bonds is 4. The number of para-hydroxylation sites is 2. The number of fused-ring (bicyclic) bond motifs is 1. The molecule has 1 amide bonds. The molecule has 0 atom stereocenters. The van der Waals surface area contributed by atoms with Crippen LogP contribution < -0.4 is 5.32 Å². The van der Waals surface area contributed by atoms with E-state index in [4.69, 9.17) is 0 Å². The quantitative estimate of drug-likeness (QED) is 0.758. The number of benzene rings is 2. The molecule has 6 heteroatoms. The highest BCUT2D eigenvalue weighted by Gasteiger charge is 2.12. The Morgan fingerprint density at radius 3 is 2.87 bits per heavy atom. The van der Waals surface area contributed by atoms with Crippen LogP contribution in [0.5, 0.6) is 0 Å². The molecule has 0 saturated carbocycles. The van der Waals surface area contributed by atoms with Crippen molar-refractivity contribution in [3.63, 3.8) is 0 Å². The summed E-state index contributed by atoms with van der Waals surface area (Å²) in [5, 5.41) is 2.73. The van der Waals surface area contributed by atoms with Gasteiger partial charge in [0.25, 0.3) is 5.91 Å². The lowest BCUT2D eigenvalue weighted by Gasteiger charge is -2.07. The molecular weight excluding hydrogens is 361 g/mol. The molecule has 4 nitrogen and oxygen atoms in total. The number of halogens is 2. The third kappa shape index (κ3) is 3.27. The number of nitrogens with zero attached hydrogens (tertiary/aromatic N) is 2. The Morgan fingerprint density at radius 2 is 2.09 bits per heavy atom. The molecule has 3 aromatic rings. The van der Waals surface area contributed by atoms with Gasteiger partial charge < -0.3 is 9.88 Å². The molecule has 23 heavy (non-hydrogen) atoms. The zero-order valence-electron chi connectivity index (χ0n) is 12.5. The lowest BCUT2D eigenvalue weighted by atomic mass is 10.2. The smallest absolute Gasteiger partial charge is 0.254 e. The van der Waals surface area contributed by atoms with Gasteiger partial charge in [0.2, 0.25) is 0 Å². The van der Waals surface area contributed by atoms with Crippen LogP contribution in [0, 0.1) is 5.82 Å². The third-order valence-corrected chi connectivity index (χ3v) is 4.18. The van der Waals surface area contributed by atoms with Gasteiger partial charge in [0, 0.05) is 24.5 Å². The SMILES string of the molecule is Cn1c(CCNC(=O)c2cc(Br)ccc2F)nc2ccccc21. The monoisotopic (exact) mass is 375 g/mol. The van der Waals surface area contributed by atoms with Crippen LogP contribution in [0.4, 0.5) is 4.39 Å². The van der Waals surface area contributed by atoms with Crippen molar-refractivity contribution < 1.29 is 9.18 Å². The van der Waals surface area contributed by atoms with Crippen molar-refractivity contribution >= 4 is 32.9 Å². The normalized spacial score (nSPS) is 10.9. The first-order valence-electron chi connectivity index (χ1n) is 7.20. The molecule has 0 saturated heterocycles. The number of hydrogen-bond acceptors (Lipinski definition) is 2. The maximum Gasteiger partial charge on any atom is 0.254 e. The van der Waals surface area contributed by atoms with E-state index in [1.165, 1.54) is 12.1 Å².